The predicted molar refractivity (Wildman–Crippen MR) is 60.5 cm³/mol. The van der Waals surface area contributed by atoms with Crippen LogP contribution in [0.15, 0.2) is 12.1 Å². The zero-order valence-electron chi connectivity index (χ0n) is 10.0. The van der Waals surface area contributed by atoms with Crippen LogP contribution in [-0.2, 0) is 15.3 Å². The average molecular weight is 264 g/mol. The van der Waals surface area contributed by atoms with Gasteiger partial charge in [0, 0.05) is 20.3 Å². The summed E-state index contributed by atoms with van der Waals surface area (Å²) in [4.78, 5) is 0. The minimum absolute atomic E-state index is 0.136. The van der Waals surface area contributed by atoms with Crippen LogP contribution in [0.1, 0.15) is 5.56 Å². The van der Waals surface area contributed by atoms with Crippen LogP contribution >= 0.6 is 0 Å². The molecule has 6 heteroatoms. The second-order valence-corrected chi connectivity index (χ2v) is 7.48. The highest BCUT2D eigenvalue weighted by atomic mass is 28.4. The SMILES string of the molecule is CO[Si](C)(CCc1cc(F)c(F)cc1F)OC. The highest BCUT2D eigenvalue weighted by Gasteiger charge is 2.28. The monoisotopic (exact) mass is 264 g/mol. The van der Waals surface area contributed by atoms with E-state index in [2.05, 4.69) is 0 Å². The van der Waals surface area contributed by atoms with Crippen LogP contribution in [0.25, 0.3) is 0 Å². The van der Waals surface area contributed by atoms with Gasteiger partial charge in [-0.2, -0.15) is 0 Å². The first-order chi connectivity index (χ1) is 7.91. The first kappa shape index (κ1) is 14.2. The quantitative estimate of drug-likeness (QED) is 0.601. The first-order valence-corrected chi connectivity index (χ1v) is 7.68. The van der Waals surface area contributed by atoms with E-state index in [9.17, 15) is 13.2 Å². The van der Waals surface area contributed by atoms with Crippen molar-refractivity contribution in [1.82, 2.24) is 0 Å². The third kappa shape index (κ3) is 3.55. The molecule has 17 heavy (non-hydrogen) atoms. The van der Waals surface area contributed by atoms with Gasteiger partial charge in [-0.1, -0.05) is 0 Å². The van der Waals surface area contributed by atoms with Crippen LogP contribution in [0.5, 0.6) is 0 Å². The Bertz CT molecular complexity index is 395. The molecule has 0 aliphatic heterocycles. The van der Waals surface area contributed by atoms with Crippen LogP contribution in [0.4, 0.5) is 13.2 Å². The van der Waals surface area contributed by atoms with E-state index < -0.39 is 26.0 Å². The van der Waals surface area contributed by atoms with Crippen molar-refractivity contribution in [2.24, 2.45) is 0 Å². The van der Waals surface area contributed by atoms with Gasteiger partial charge >= 0.3 is 8.56 Å². The van der Waals surface area contributed by atoms with Crippen molar-refractivity contribution < 1.29 is 22.0 Å². The molecule has 0 N–H and O–H groups in total. The molecule has 0 fully saturated rings. The molecule has 1 rings (SSSR count). The fourth-order valence-electron chi connectivity index (χ4n) is 1.40. The van der Waals surface area contributed by atoms with Gasteiger partial charge in [-0.15, -0.1) is 0 Å². The molecule has 0 radical (unpaired) electrons. The van der Waals surface area contributed by atoms with E-state index in [1.54, 1.807) is 0 Å². The van der Waals surface area contributed by atoms with E-state index in [1.807, 2.05) is 6.55 Å². The Morgan fingerprint density at radius 2 is 1.53 bits per heavy atom. The molecule has 0 amide bonds. The van der Waals surface area contributed by atoms with Crippen molar-refractivity contribution in [2.45, 2.75) is 19.0 Å². The maximum atomic E-state index is 13.3. The molecule has 96 valence electrons. The number of halogens is 3. The molecule has 0 heterocycles. The number of rotatable bonds is 5. The van der Waals surface area contributed by atoms with Crippen molar-refractivity contribution in [1.29, 1.82) is 0 Å². The largest absolute Gasteiger partial charge is 0.398 e. The maximum absolute atomic E-state index is 13.3. The number of hydrogen-bond acceptors (Lipinski definition) is 2. The van der Waals surface area contributed by atoms with Gasteiger partial charge in [0.2, 0.25) is 0 Å². The van der Waals surface area contributed by atoms with Crippen LogP contribution in [0.2, 0.25) is 12.6 Å². The van der Waals surface area contributed by atoms with E-state index in [0.717, 1.165) is 6.07 Å². The second kappa shape index (κ2) is 5.66. The summed E-state index contributed by atoms with van der Waals surface area (Å²) in [6.07, 6.45) is 0.257. The van der Waals surface area contributed by atoms with Gasteiger partial charge in [0.25, 0.3) is 0 Å². The Balaban J connectivity index is 2.79. The summed E-state index contributed by atoms with van der Waals surface area (Å²) >= 11 is 0. The molecule has 0 atom stereocenters. The Morgan fingerprint density at radius 3 is 2.06 bits per heavy atom. The summed E-state index contributed by atoms with van der Waals surface area (Å²) in [6.45, 7) is 1.82. The summed E-state index contributed by atoms with van der Waals surface area (Å²) < 4.78 is 49.5. The summed E-state index contributed by atoms with van der Waals surface area (Å²) in [7, 11) is 0.733. The van der Waals surface area contributed by atoms with Gasteiger partial charge in [0.1, 0.15) is 5.82 Å². The molecule has 2 nitrogen and oxygen atoms in total. The zero-order chi connectivity index (χ0) is 13.1. The van der Waals surface area contributed by atoms with Gasteiger partial charge in [0.15, 0.2) is 11.6 Å². The average Bonchev–Trinajstić information content (AvgIpc) is 2.32. The standard InChI is InChI=1S/C11H15F3O2Si/c1-15-17(3,16-2)5-4-8-6-10(13)11(14)7-9(8)12/h6-7H,4-5H2,1-3H3. The Morgan fingerprint density at radius 1 is 1.00 bits per heavy atom. The number of benzene rings is 1. The van der Waals surface area contributed by atoms with E-state index in [4.69, 9.17) is 8.85 Å². The molecule has 0 saturated heterocycles. The van der Waals surface area contributed by atoms with Gasteiger partial charge in [-0.25, -0.2) is 13.2 Å². The lowest BCUT2D eigenvalue weighted by molar-refractivity contribution is 0.249. The molecular weight excluding hydrogens is 249 g/mol. The number of hydrogen-bond donors (Lipinski definition) is 0. The smallest absolute Gasteiger partial charge is 0.334 e. The minimum Gasteiger partial charge on any atom is -0.398 e. The van der Waals surface area contributed by atoms with Crippen molar-refractivity contribution in [3.63, 3.8) is 0 Å². The van der Waals surface area contributed by atoms with Crippen molar-refractivity contribution in [2.75, 3.05) is 14.2 Å². The maximum Gasteiger partial charge on any atom is 0.334 e. The lowest BCUT2D eigenvalue weighted by Gasteiger charge is -2.22. The lowest BCUT2D eigenvalue weighted by atomic mass is 10.1. The molecule has 1 aromatic carbocycles. The van der Waals surface area contributed by atoms with E-state index in [1.165, 1.54) is 14.2 Å². The zero-order valence-corrected chi connectivity index (χ0v) is 11.0. The number of aryl methyl sites for hydroxylation is 1. The fourth-order valence-corrected chi connectivity index (χ4v) is 2.70. The van der Waals surface area contributed by atoms with Crippen molar-refractivity contribution in [3.8, 4) is 0 Å². The van der Waals surface area contributed by atoms with Crippen LogP contribution < -0.4 is 0 Å². The molecule has 0 bridgehead atoms. The van der Waals surface area contributed by atoms with Crippen LogP contribution in [0.3, 0.4) is 0 Å². The lowest BCUT2D eigenvalue weighted by Crippen LogP contribution is -2.36. The highest BCUT2D eigenvalue weighted by Crippen LogP contribution is 2.19. The molecule has 0 spiro atoms. The van der Waals surface area contributed by atoms with Gasteiger partial charge in [0.05, 0.1) is 0 Å². The van der Waals surface area contributed by atoms with Crippen molar-refractivity contribution >= 4 is 8.56 Å². The minimum atomic E-state index is -2.32. The predicted octanol–water partition coefficient (Wildman–Crippen LogP) is 3.01. The van der Waals surface area contributed by atoms with Gasteiger partial charge in [-0.3, -0.25) is 0 Å². The summed E-state index contributed by atoms with van der Waals surface area (Å²) in [5.41, 5.74) is 0.136. The van der Waals surface area contributed by atoms with Gasteiger partial charge in [-0.05, 0) is 30.6 Å². The molecule has 0 aliphatic carbocycles. The molecule has 0 unspecified atom stereocenters. The molecule has 0 aliphatic rings. The third-order valence-electron chi connectivity index (χ3n) is 2.80. The Labute approximate surface area is 99.6 Å². The first-order valence-electron chi connectivity index (χ1n) is 5.15. The van der Waals surface area contributed by atoms with E-state index in [-0.39, 0.29) is 12.0 Å². The molecule has 0 aromatic heterocycles. The second-order valence-electron chi connectivity index (χ2n) is 3.90. The topological polar surface area (TPSA) is 18.5 Å². The molecule has 1 aromatic rings. The normalized spacial score (nSPS) is 11.9. The van der Waals surface area contributed by atoms with Crippen LogP contribution in [0, 0.1) is 17.5 Å². The Hall–Kier alpha value is -0.853. The molecular formula is C11H15F3O2Si. The Kier molecular flexibility index (Phi) is 4.73. The highest BCUT2D eigenvalue weighted by molar-refractivity contribution is 6.65. The third-order valence-corrected chi connectivity index (χ3v) is 5.69. The fraction of sp³-hybridized carbons (Fsp3) is 0.455. The van der Waals surface area contributed by atoms with Gasteiger partial charge < -0.3 is 8.85 Å². The summed E-state index contributed by atoms with van der Waals surface area (Å²) in [5.74, 6) is -2.96. The summed E-state index contributed by atoms with van der Waals surface area (Å²) in [5, 5.41) is 0. The summed E-state index contributed by atoms with van der Waals surface area (Å²) in [6, 6.07) is 1.91. The molecule has 0 saturated carbocycles. The van der Waals surface area contributed by atoms with E-state index >= 15 is 0 Å². The van der Waals surface area contributed by atoms with E-state index in [0.29, 0.717) is 12.1 Å². The van der Waals surface area contributed by atoms with Crippen molar-refractivity contribution in [3.05, 3.63) is 35.1 Å². The van der Waals surface area contributed by atoms with Crippen LogP contribution in [-0.4, -0.2) is 22.8 Å².